The van der Waals surface area contributed by atoms with E-state index in [1.807, 2.05) is 16.8 Å². The van der Waals surface area contributed by atoms with E-state index in [0.29, 0.717) is 12.5 Å². The molecule has 0 amide bonds. The Bertz CT molecular complexity index is 623. The molecule has 132 valence electrons. The lowest BCUT2D eigenvalue weighted by atomic mass is 9.98. The van der Waals surface area contributed by atoms with Gasteiger partial charge >= 0.3 is 0 Å². The standard InChI is InChI=1S/C17H27N5O2/c1-4-22-17-14(13-23-9-7-20(2)3)10-21(12-16(17)18-19-22)11-15-6-5-8-24-15/h5-6,8,14H,4,7,9-13H2,1-3H3/t14-/m1/s1. The molecule has 0 bridgehead atoms. The van der Waals surface area contributed by atoms with Crippen LogP contribution in [-0.2, 0) is 24.4 Å². The van der Waals surface area contributed by atoms with Crippen molar-refractivity contribution in [3.05, 3.63) is 35.5 Å². The van der Waals surface area contributed by atoms with Crippen molar-refractivity contribution in [3.8, 4) is 0 Å². The van der Waals surface area contributed by atoms with Gasteiger partial charge in [-0.1, -0.05) is 5.21 Å². The number of ether oxygens (including phenoxy) is 1. The first-order valence-electron chi connectivity index (χ1n) is 8.56. The van der Waals surface area contributed by atoms with E-state index in [1.165, 1.54) is 5.69 Å². The number of hydrogen-bond donors (Lipinski definition) is 0. The maximum absolute atomic E-state index is 5.93. The van der Waals surface area contributed by atoms with E-state index in [4.69, 9.17) is 9.15 Å². The molecular formula is C17H27N5O2. The molecule has 1 atom stereocenters. The van der Waals surface area contributed by atoms with Crippen molar-refractivity contribution in [3.63, 3.8) is 0 Å². The number of aryl methyl sites for hydroxylation is 1. The molecule has 0 unspecified atom stereocenters. The third-order valence-electron chi connectivity index (χ3n) is 4.35. The van der Waals surface area contributed by atoms with Crippen molar-refractivity contribution in [2.75, 3.05) is 40.4 Å². The first-order valence-corrected chi connectivity index (χ1v) is 8.56. The Morgan fingerprint density at radius 3 is 3.00 bits per heavy atom. The van der Waals surface area contributed by atoms with Crippen LogP contribution in [0.15, 0.2) is 22.8 Å². The lowest BCUT2D eigenvalue weighted by molar-refractivity contribution is 0.0817. The van der Waals surface area contributed by atoms with Crippen LogP contribution < -0.4 is 0 Å². The van der Waals surface area contributed by atoms with Gasteiger partial charge in [0.15, 0.2) is 0 Å². The van der Waals surface area contributed by atoms with E-state index in [2.05, 4.69) is 41.1 Å². The molecule has 0 saturated heterocycles. The zero-order valence-corrected chi connectivity index (χ0v) is 14.8. The topological polar surface area (TPSA) is 59.6 Å². The van der Waals surface area contributed by atoms with Gasteiger partial charge in [-0.2, -0.15) is 0 Å². The van der Waals surface area contributed by atoms with E-state index in [-0.39, 0.29) is 0 Å². The van der Waals surface area contributed by atoms with Crippen LogP contribution in [0, 0.1) is 0 Å². The molecule has 1 aliphatic rings. The molecule has 3 rings (SSSR count). The lowest BCUT2D eigenvalue weighted by Gasteiger charge is -2.31. The van der Waals surface area contributed by atoms with Gasteiger partial charge in [0.25, 0.3) is 0 Å². The van der Waals surface area contributed by atoms with Gasteiger partial charge in [0.1, 0.15) is 11.5 Å². The van der Waals surface area contributed by atoms with E-state index < -0.39 is 0 Å². The van der Waals surface area contributed by atoms with Crippen LogP contribution in [0.3, 0.4) is 0 Å². The molecule has 0 spiro atoms. The van der Waals surface area contributed by atoms with Crippen molar-refractivity contribution >= 4 is 0 Å². The number of nitrogens with zero attached hydrogens (tertiary/aromatic N) is 5. The van der Waals surface area contributed by atoms with Crippen molar-refractivity contribution < 1.29 is 9.15 Å². The quantitative estimate of drug-likeness (QED) is 0.684. The summed E-state index contributed by atoms with van der Waals surface area (Å²) >= 11 is 0. The molecule has 2 aromatic heterocycles. The lowest BCUT2D eigenvalue weighted by Crippen LogP contribution is -2.36. The Labute approximate surface area is 143 Å². The second-order valence-corrected chi connectivity index (χ2v) is 6.56. The van der Waals surface area contributed by atoms with Gasteiger partial charge in [-0.05, 0) is 33.2 Å². The predicted molar refractivity (Wildman–Crippen MR) is 90.6 cm³/mol. The maximum Gasteiger partial charge on any atom is 0.117 e. The molecular weight excluding hydrogens is 306 g/mol. The van der Waals surface area contributed by atoms with Gasteiger partial charge in [0.2, 0.25) is 0 Å². The van der Waals surface area contributed by atoms with Crippen LogP contribution in [0.5, 0.6) is 0 Å². The Morgan fingerprint density at radius 2 is 2.29 bits per heavy atom. The fourth-order valence-corrected chi connectivity index (χ4v) is 3.17. The summed E-state index contributed by atoms with van der Waals surface area (Å²) in [6.07, 6.45) is 1.72. The summed E-state index contributed by atoms with van der Waals surface area (Å²) in [5.74, 6) is 1.27. The molecule has 3 heterocycles. The maximum atomic E-state index is 5.93. The Kier molecular flexibility index (Phi) is 5.65. The molecule has 0 saturated carbocycles. The summed E-state index contributed by atoms with van der Waals surface area (Å²) in [5.41, 5.74) is 2.30. The SMILES string of the molecule is CCn1nnc2c1[C@@H](COCCN(C)C)CN(Cc1ccco1)C2. The first-order chi connectivity index (χ1) is 11.7. The van der Waals surface area contributed by atoms with Gasteiger partial charge in [-0.3, -0.25) is 4.90 Å². The van der Waals surface area contributed by atoms with Gasteiger partial charge in [-0.15, -0.1) is 5.10 Å². The zero-order valence-electron chi connectivity index (χ0n) is 14.8. The molecule has 0 aliphatic carbocycles. The van der Waals surface area contributed by atoms with Gasteiger partial charge in [-0.25, -0.2) is 4.68 Å². The number of likely N-dealkylation sites (N-methyl/N-ethyl adjacent to an activating group) is 1. The fourth-order valence-electron chi connectivity index (χ4n) is 3.17. The number of fused-ring (bicyclic) bond motifs is 1. The van der Waals surface area contributed by atoms with Crippen LogP contribution in [0.2, 0.25) is 0 Å². The Balaban J connectivity index is 1.68. The molecule has 0 N–H and O–H groups in total. The number of hydrogen-bond acceptors (Lipinski definition) is 6. The van der Waals surface area contributed by atoms with Gasteiger partial charge < -0.3 is 14.1 Å². The van der Waals surface area contributed by atoms with Crippen molar-refractivity contribution in [2.45, 2.75) is 32.5 Å². The fraction of sp³-hybridized carbons (Fsp3) is 0.647. The molecule has 2 aromatic rings. The minimum atomic E-state index is 0.292. The third-order valence-corrected chi connectivity index (χ3v) is 4.35. The second-order valence-electron chi connectivity index (χ2n) is 6.56. The highest BCUT2D eigenvalue weighted by Gasteiger charge is 2.31. The van der Waals surface area contributed by atoms with Crippen LogP contribution in [-0.4, -0.2) is 65.2 Å². The highest BCUT2D eigenvalue weighted by atomic mass is 16.5. The molecule has 1 aliphatic heterocycles. The summed E-state index contributed by atoms with van der Waals surface area (Å²) in [5, 5.41) is 8.70. The summed E-state index contributed by atoms with van der Waals surface area (Å²) < 4.78 is 13.4. The summed E-state index contributed by atoms with van der Waals surface area (Å²) in [6, 6.07) is 3.95. The molecule has 0 radical (unpaired) electrons. The van der Waals surface area contributed by atoms with Gasteiger partial charge in [0, 0.05) is 32.1 Å². The second kappa shape index (κ2) is 7.92. The summed E-state index contributed by atoms with van der Waals surface area (Å²) in [7, 11) is 4.12. The van der Waals surface area contributed by atoms with E-state index in [1.54, 1.807) is 6.26 Å². The zero-order chi connectivity index (χ0) is 16.9. The molecule has 7 nitrogen and oxygen atoms in total. The van der Waals surface area contributed by atoms with E-state index in [9.17, 15) is 0 Å². The normalized spacial score (nSPS) is 18.2. The highest BCUT2D eigenvalue weighted by Crippen LogP contribution is 2.28. The van der Waals surface area contributed by atoms with Crippen molar-refractivity contribution in [2.24, 2.45) is 0 Å². The monoisotopic (exact) mass is 333 g/mol. The van der Waals surface area contributed by atoms with Crippen LogP contribution in [0.25, 0.3) is 0 Å². The Morgan fingerprint density at radius 1 is 1.42 bits per heavy atom. The van der Waals surface area contributed by atoms with E-state index >= 15 is 0 Å². The van der Waals surface area contributed by atoms with Crippen LogP contribution in [0.4, 0.5) is 0 Å². The molecule has 7 heteroatoms. The minimum Gasteiger partial charge on any atom is -0.468 e. The van der Waals surface area contributed by atoms with Gasteiger partial charge in [0.05, 0.1) is 31.7 Å². The van der Waals surface area contributed by atoms with Crippen molar-refractivity contribution in [1.82, 2.24) is 24.8 Å². The number of rotatable bonds is 8. The average Bonchev–Trinajstić information content (AvgIpc) is 3.20. The minimum absolute atomic E-state index is 0.292. The predicted octanol–water partition coefficient (Wildman–Crippen LogP) is 1.57. The molecule has 0 aromatic carbocycles. The van der Waals surface area contributed by atoms with Crippen molar-refractivity contribution in [1.29, 1.82) is 0 Å². The highest BCUT2D eigenvalue weighted by molar-refractivity contribution is 5.20. The average molecular weight is 333 g/mol. The summed E-state index contributed by atoms with van der Waals surface area (Å²) in [6.45, 7) is 7.85. The summed E-state index contributed by atoms with van der Waals surface area (Å²) in [4.78, 5) is 4.49. The molecule has 0 fully saturated rings. The first kappa shape index (κ1) is 17.1. The van der Waals surface area contributed by atoms with Crippen LogP contribution in [0.1, 0.15) is 30.0 Å². The van der Waals surface area contributed by atoms with Crippen LogP contribution >= 0.6 is 0 Å². The number of furan rings is 1. The molecule has 24 heavy (non-hydrogen) atoms. The smallest absolute Gasteiger partial charge is 0.117 e. The largest absolute Gasteiger partial charge is 0.468 e. The Hall–Kier alpha value is -1.70. The number of aromatic nitrogens is 3. The third kappa shape index (κ3) is 4.03. The van der Waals surface area contributed by atoms with E-state index in [0.717, 1.165) is 50.8 Å².